The van der Waals surface area contributed by atoms with Gasteiger partial charge in [-0.3, -0.25) is 19.2 Å². The SMILES string of the molecule is Cc1c(C#N)c(NC(=O)CN2CCN(Cc3nc(C(C)C)no3)CC2)n(-c2cccc(F)c2)c1C. The maximum Gasteiger partial charge on any atom is 0.240 e. The number of nitrogens with one attached hydrogen (secondary N) is 1. The summed E-state index contributed by atoms with van der Waals surface area (Å²) >= 11 is 0. The van der Waals surface area contributed by atoms with Crippen molar-refractivity contribution in [2.75, 3.05) is 38.0 Å². The van der Waals surface area contributed by atoms with Gasteiger partial charge in [0.2, 0.25) is 11.8 Å². The highest BCUT2D eigenvalue weighted by Gasteiger charge is 2.24. The van der Waals surface area contributed by atoms with Crippen molar-refractivity contribution < 1.29 is 13.7 Å². The normalized spacial score (nSPS) is 14.9. The molecule has 0 bridgehead atoms. The van der Waals surface area contributed by atoms with Gasteiger partial charge in [0.25, 0.3) is 0 Å². The second-order valence-electron chi connectivity index (χ2n) is 9.16. The molecular weight excluding hydrogens is 449 g/mol. The summed E-state index contributed by atoms with van der Waals surface area (Å²) in [6, 6.07) is 8.29. The predicted octanol–water partition coefficient (Wildman–Crippen LogP) is 3.37. The molecular formula is C25H30FN7O2. The van der Waals surface area contributed by atoms with E-state index < -0.39 is 0 Å². The van der Waals surface area contributed by atoms with Gasteiger partial charge < -0.3 is 9.84 Å². The summed E-state index contributed by atoms with van der Waals surface area (Å²) in [5.74, 6) is 1.30. The smallest absolute Gasteiger partial charge is 0.240 e. The number of hydrogen-bond acceptors (Lipinski definition) is 7. The predicted molar refractivity (Wildman–Crippen MR) is 129 cm³/mol. The van der Waals surface area contributed by atoms with Crippen molar-refractivity contribution >= 4 is 11.7 Å². The maximum absolute atomic E-state index is 13.9. The van der Waals surface area contributed by atoms with Gasteiger partial charge in [-0.2, -0.15) is 10.2 Å². The van der Waals surface area contributed by atoms with Crippen LogP contribution in [0.4, 0.5) is 10.2 Å². The molecule has 0 atom stereocenters. The average Bonchev–Trinajstić information content (AvgIpc) is 3.38. The number of anilines is 1. The van der Waals surface area contributed by atoms with E-state index in [0.717, 1.165) is 24.3 Å². The van der Waals surface area contributed by atoms with Crippen LogP contribution in [0.25, 0.3) is 5.69 Å². The van der Waals surface area contributed by atoms with Crippen LogP contribution < -0.4 is 5.32 Å². The number of amides is 1. The van der Waals surface area contributed by atoms with E-state index in [1.807, 2.05) is 27.7 Å². The van der Waals surface area contributed by atoms with E-state index in [4.69, 9.17) is 4.52 Å². The molecule has 4 rings (SSSR count). The van der Waals surface area contributed by atoms with E-state index in [1.54, 1.807) is 16.7 Å². The number of rotatable bonds is 7. The Kier molecular flexibility index (Phi) is 7.28. The number of carbonyl (C=O) groups excluding carboxylic acids is 1. The van der Waals surface area contributed by atoms with Crippen molar-refractivity contribution in [1.29, 1.82) is 5.26 Å². The monoisotopic (exact) mass is 479 g/mol. The zero-order chi connectivity index (χ0) is 25.1. The lowest BCUT2D eigenvalue weighted by Crippen LogP contribution is -2.48. The number of nitrogens with zero attached hydrogens (tertiary/aromatic N) is 6. The first-order valence-electron chi connectivity index (χ1n) is 11.7. The fourth-order valence-corrected chi connectivity index (χ4v) is 4.24. The maximum atomic E-state index is 13.9. The Balaban J connectivity index is 1.39. The summed E-state index contributed by atoms with van der Waals surface area (Å²) in [4.78, 5) is 21.7. The highest BCUT2D eigenvalue weighted by atomic mass is 19.1. The number of nitriles is 1. The summed E-state index contributed by atoms with van der Waals surface area (Å²) in [5.41, 5.74) is 2.46. The van der Waals surface area contributed by atoms with Crippen molar-refractivity contribution in [2.24, 2.45) is 0 Å². The molecule has 1 saturated heterocycles. The number of halogens is 1. The highest BCUT2D eigenvalue weighted by molar-refractivity contribution is 5.93. The van der Waals surface area contributed by atoms with Gasteiger partial charge in [-0.25, -0.2) is 4.39 Å². The zero-order valence-corrected chi connectivity index (χ0v) is 20.5. The molecule has 1 aliphatic rings. The Morgan fingerprint density at radius 3 is 2.57 bits per heavy atom. The molecule has 1 amide bonds. The molecule has 184 valence electrons. The molecule has 1 aliphatic heterocycles. The van der Waals surface area contributed by atoms with Crippen LogP contribution in [0, 0.1) is 31.0 Å². The van der Waals surface area contributed by atoms with Crippen LogP contribution in [0.2, 0.25) is 0 Å². The van der Waals surface area contributed by atoms with Gasteiger partial charge in [0, 0.05) is 37.8 Å². The van der Waals surface area contributed by atoms with Gasteiger partial charge in [0.15, 0.2) is 5.82 Å². The van der Waals surface area contributed by atoms with Crippen LogP contribution in [0.15, 0.2) is 28.8 Å². The third-order valence-corrected chi connectivity index (χ3v) is 6.34. The Morgan fingerprint density at radius 2 is 1.94 bits per heavy atom. The molecule has 2 aromatic heterocycles. The van der Waals surface area contributed by atoms with E-state index in [-0.39, 0.29) is 24.2 Å². The minimum Gasteiger partial charge on any atom is -0.338 e. The first-order chi connectivity index (χ1) is 16.8. The molecule has 10 heteroatoms. The van der Waals surface area contributed by atoms with Crippen LogP contribution in [0.3, 0.4) is 0 Å². The molecule has 9 nitrogen and oxygen atoms in total. The molecule has 3 aromatic rings. The molecule has 3 heterocycles. The largest absolute Gasteiger partial charge is 0.338 e. The minimum absolute atomic E-state index is 0.198. The van der Waals surface area contributed by atoms with Gasteiger partial charge in [-0.05, 0) is 37.6 Å². The van der Waals surface area contributed by atoms with Crippen LogP contribution in [0.1, 0.15) is 48.3 Å². The third-order valence-electron chi connectivity index (χ3n) is 6.34. The summed E-state index contributed by atoms with van der Waals surface area (Å²) < 4.78 is 21.0. The van der Waals surface area contributed by atoms with E-state index in [2.05, 4.69) is 31.3 Å². The molecule has 35 heavy (non-hydrogen) atoms. The molecule has 1 aromatic carbocycles. The van der Waals surface area contributed by atoms with Gasteiger partial charge in [-0.15, -0.1) is 0 Å². The fourth-order valence-electron chi connectivity index (χ4n) is 4.24. The lowest BCUT2D eigenvalue weighted by Gasteiger charge is -2.33. The van der Waals surface area contributed by atoms with Gasteiger partial charge in [-0.1, -0.05) is 25.1 Å². The number of benzene rings is 1. The van der Waals surface area contributed by atoms with E-state index in [1.165, 1.54) is 12.1 Å². The number of hydrogen-bond donors (Lipinski definition) is 1. The summed E-state index contributed by atoms with van der Waals surface area (Å²) in [5, 5.41) is 16.7. The number of carbonyl (C=O) groups is 1. The molecule has 0 unspecified atom stereocenters. The lowest BCUT2D eigenvalue weighted by molar-refractivity contribution is -0.117. The Labute approximate surface area is 204 Å². The first kappa shape index (κ1) is 24.6. The summed E-state index contributed by atoms with van der Waals surface area (Å²) in [7, 11) is 0. The van der Waals surface area contributed by atoms with Gasteiger partial charge >= 0.3 is 0 Å². The Bertz CT molecular complexity index is 1250. The van der Waals surface area contributed by atoms with Crippen molar-refractivity contribution in [3.63, 3.8) is 0 Å². The standard InChI is InChI=1S/C25H30FN7O2/c1-16(2)24-29-23(35-30-24)15-32-10-8-31(9-11-32)14-22(34)28-25-21(13-27)17(3)18(4)33(25)20-7-5-6-19(26)12-20/h5-7,12,16H,8-11,14-15H2,1-4H3,(H,28,34). The fraction of sp³-hybridized carbons (Fsp3) is 0.440. The number of aromatic nitrogens is 3. The van der Waals surface area contributed by atoms with Crippen molar-refractivity contribution in [3.05, 3.63) is 58.6 Å². The topological polar surface area (TPSA) is 103 Å². The summed E-state index contributed by atoms with van der Waals surface area (Å²) in [6.45, 7) is 11.5. The summed E-state index contributed by atoms with van der Waals surface area (Å²) in [6.07, 6.45) is 0. The molecule has 0 aliphatic carbocycles. The Hall–Kier alpha value is -3.55. The zero-order valence-electron chi connectivity index (χ0n) is 20.5. The van der Waals surface area contributed by atoms with E-state index in [9.17, 15) is 14.4 Å². The molecule has 0 spiro atoms. The van der Waals surface area contributed by atoms with Gasteiger partial charge in [0.05, 0.1) is 24.3 Å². The van der Waals surface area contributed by atoms with Crippen LogP contribution in [-0.2, 0) is 11.3 Å². The second kappa shape index (κ2) is 10.4. The first-order valence-corrected chi connectivity index (χ1v) is 11.7. The lowest BCUT2D eigenvalue weighted by atomic mass is 10.2. The van der Waals surface area contributed by atoms with Crippen molar-refractivity contribution in [2.45, 2.75) is 40.2 Å². The highest BCUT2D eigenvalue weighted by Crippen LogP contribution is 2.30. The van der Waals surface area contributed by atoms with Crippen LogP contribution in [0.5, 0.6) is 0 Å². The Morgan fingerprint density at radius 1 is 1.23 bits per heavy atom. The van der Waals surface area contributed by atoms with Crippen LogP contribution >= 0.6 is 0 Å². The average molecular weight is 480 g/mol. The van der Waals surface area contributed by atoms with E-state index in [0.29, 0.717) is 48.4 Å². The van der Waals surface area contributed by atoms with Crippen LogP contribution in [-0.4, -0.2) is 63.1 Å². The molecule has 1 fully saturated rings. The quantitative estimate of drug-likeness (QED) is 0.554. The van der Waals surface area contributed by atoms with Gasteiger partial charge in [0.1, 0.15) is 17.7 Å². The van der Waals surface area contributed by atoms with Crippen molar-refractivity contribution in [3.8, 4) is 11.8 Å². The minimum atomic E-state index is -0.386. The molecule has 0 saturated carbocycles. The molecule has 0 radical (unpaired) electrons. The molecule has 1 N–H and O–H groups in total. The van der Waals surface area contributed by atoms with Crippen molar-refractivity contribution in [1.82, 2.24) is 24.5 Å². The second-order valence-corrected chi connectivity index (χ2v) is 9.16. The number of piperazine rings is 1. The third kappa shape index (κ3) is 5.42. The van der Waals surface area contributed by atoms with E-state index >= 15 is 0 Å².